The predicted molar refractivity (Wildman–Crippen MR) is 81.3 cm³/mol. The summed E-state index contributed by atoms with van der Waals surface area (Å²) in [6.45, 7) is 4.36. The van der Waals surface area contributed by atoms with E-state index in [2.05, 4.69) is 42.7 Å². The minimum Gasteiger partial charge on any atom is -0.379 e. The molecule has 0 fully saturated rings. The molecular weight excluding hydrogens is 260 g/mol. The number of halogens is 1. The van der Waals surface area contributed by atoms with Crippen LogP contribution in [0.1, 0.15) is 31.4 Å². The Labute approximate surface area is 120 Å². The maximum absolute atomic E-state index is 11.6. The Morgan fingerprint density at radius 1 is 1.47 bits per heavy atom. The third kappa shape index (κ3) is 3.29. The van der Waals surface area contributed by atoms with Crippen molar-refractivity contribution in [2.45, 2.75) is 32.2 Å². The first kappa shape index (κ1) is 15.6. The Morgan fingerprint density at radius 2 is 2.16 bits per heavy atom. The molecule has 1 aliphatic rings. The van der Waals surface area contributed by atoms with Crippen molar-refractivity contribution in [3.05, 3.63) is 41.5 Å². The Morgan fingerprint density at radius 3 is 2.79 bits per heavy atom. The van der Waals surface area contributed by atoms with Crippen molar-refractivity contribution in [3.8, 4) is 0 Å². The summed E-state index contributed by atoms with van der Waals surface area (Å²) in [6, 6.07) is 8.26. The van der Waals surface area contributed by atoms with Crippen molar-refractivity contribution in [2.24, 2.45) is 0 Å². The standard InChI is InChI=1S/C15H20N2O.ClH/c1-4-15(2)10-11-7-5-6-8-12(11)13(17-15)9-14(18)16-3;/h5-9,17H,4,10H2,1-3H3,(H,16,18);1H. The van der Waals surface area contributed by atoms with Crippen LogP contribution in [0.5, 0.6) is 0 Å². The molecule has 0 bridgehead atoms. The number of carbonyl (C=O) groups excluding carboxylic acids is 1. The molecule has 1 unspecified atom stereocenters. The lowest BCUT2D eigenvalue weighted by atomic mass is 9.83. The van der Waals surface area contributed by atoms with E-state index in [9.17, 15) is 4.79 Å². The highest BCUT2D eigenvalue weighted by atomic mass is 35.5. The zero-order chi connectivity index (χ0) is 13.2. The second kappa shape index (κ2) is 6.11. The molecule has 0 radical (unpaired) electrons. The van der Waals surface area contributed by atoms with Crippen LogP contribution in [0, 0.1) is 0 Å². The third-order valence-electron chi connectivity index (χ3n) is 3.63. The molecule has 1 aliphatic heterocycles. The van der Waals surface area contributed by atoms with Gasteiger partial charge in [-0.05, 0) is 25.3 Å². The van der Waals surface area contributed by atoms with Gasteiger partial charge in [-0.3, -0.25) is 4.79 Å². The molecule has 104 valence electrons. The van der Waals surface area contributed by atoms with E-state index < -0.39 is 0 Å². The average molecular weight is 281 g/mol. The summed E-state index contributed by atoms with van der Waals surface area (Å²) in [5.41, 5.74) is 3.37. The molecular formula is C15H21ClN2O. The summed E-state index contributed by atoms with van der Waals surface area (Å²) in [7, 11) is 1.65. The van der Waals surface area contributed by atoms with E-state index in [0.29, 0.717) is 0 Å². The molecule has 1 atom stereocenters. The van der Waals surface area contributed by atoms with Crippen LogP contribution in [0.25, 0.3) is 5.70 Å². The Bertz CT molecular complexity index is 499. The topological polar surface area (TPSA) is 41.1 Å². The highest BCUT2D eigenvalue weighted by Crippen LogP contribution is 2.31. The highest BCUT2D eigenvalue weighted by Gasteiger charge is 2.30. The lowest BCUT2D eigenvalue weighted by Crippen LogP contribution is -2.46. The first-order valence-electron chi connectivity index (χ1n) is 6.38. The molecule has 0 saturated heterocycles. The van der Waals surface area contributed by atoms with Crippen LogP contribution in [0.4, 0.5) is 0 Å². The molecule has 4 heteroatoms. The molecule has 2 rings (SSSR count). The quantitative estimate of drug-likeness (QED) is 0.818. The monoisotopic (exact) mass is 280 g/mol. The summed E-state index contributed by atoms with van der Waals surface area (Å²) >= 11 is 0. The smallest absolute Gasteiger partial charge is 0.245 e. The van der Waals surface area contributed by atoms with E-state index in [-0.39, 0.29) is 23.9 Å². The first-order valence-corrected chi connectivity index (χ1v) is 6.38. The van der Waals surface area contributed by atoms with Crippen molar-refractivity contribution in [3.63, 3.8) is 0 Å². The minimum atomic E-state index is -0.0762. The molecule has 1 amide bonds. The Kier molecular flexibility index (Phi) is 5.01. The van der Waals surface area contributed by atoms with E-state index in [0.717, 1.165) is 24.1 Å². The lowest BCUT2D eigenvalue weighted by Gasteiger charge is -2.38. The Hall–Kier alpha value is -1.48. The zero-order valence-electron chi connectivity index (χ0n) is 11.6. The van der Waals surface area contributed by atoms with Crippen molar-refractivity contribution in [1.29, 1.82) is 0 Å². The van der Waals surface area contributed by atoms with Gasteiger partial charge >= 0.3 is 0 Å². The minimum absolute atomic E-state index is 0. The summed E-state index contributed by atoms with van der Waals surface area (Å²) in [4.78, 5) is 11.6. The van der Waals surface area contributed by atoms with Crippen molar-refractivity contribution >= 4 is 24.0 Å². The number of fused-ring (bicyclic) bond motifs is 1. The van der Waals surface area contributed by atoms with Gasteiger partial charge in [-0.15, -0.1) is 12.4 Å². The number of nitrogens with one attached hydrogen (secondary N) is 2. The second-order valence-electron chi connectivity index (χ2n) is 5.05. The summed E-state index contributed by atoms with van der Waals surface area (Å²) in [6.07, 6.45) is 3.66. The van der Waals surface area contributed by atoms with E-state index in [1.165, 1.54) is 5.56 Å². The van der Waals surface area contributed by atoms with Gasteiger partial charge in [0.2, 0.25) is 5.91 Å². The van der Waals surface area contributed by atoms with Crippen molar-refractivity contribution < 1.29 is 4.79 Å². The van der Waals surface area contributed by atoms with Gasteiger partial charge in [0.05, 0.1) is 0 Å². The van der Waals surface area contributed by atoms with Gasteiger partial charge in [0, 0.05) is 29.9 Å². The van der Waals surface area contributed by atoms with Crippen LogP contribution in [0.3, 0.4) is 0 Å². The summed E-state index contributed by atoms with van der Waals surface area (Å²) in [5, 5.41) is 6.13. The van der Waals surface area contributed by atoms with Crippen LogP contribution in [-0.4, -0.2) is 18.5 Å². The number of hydrogen-bond donors (Lipinski definition) is 2. The van der Waals surface area contributed by atoms with E-state index >= 15 is 0 Å². The maximum atomic E-state index is 11.6. The Balaban J connectivity index is 0.00000180. The van der Waals surface area contributed by atoms with Crippen LogP contribution in [0.2, 0.25) is 0 Å². The van der Waals surface area contributed by atoms with Gasteiger partial charge in [-0.2, -0.15) is 0 Å². The van der Waals surface area contributed by atoms with Crippen LogP contribution in [-0.2, 0) is 11.2 Å². The van der Waals surface area contributed by atoms with Crippen molar-refractivity contribution in [2.75, 3.05) is 7.05 Å². The second-order valence-corrected chi connectivity index (χ2v) is 5.05. The molecule has 0 aliphatic carbocycles. The van der Waals surface area contributed by atoms with Crippen LogP contribution >= 0.6 is 12.4 Å². The van der Waals surface area contributed by atoms with Crippen LogP contribution < -0.4 is 10.6 Å². The van der Waals surface area contributed by atoms with Crippen molar-refractivity contribution in [1.82, 2.24) is 10.6 Å². The zero-order valence-corrected chi connectivity index (χ0v) is 12.4. The molecule has 3 nitrogen and oxygen atoms in total. The number of carbonyl (C=O) groups is 1. The largest absolute Gasteiger partial charge is 0.379 e. The number of hydrogen-bond acceptors (Lipinski definition) is 2. The third-order valence-corrected chi connectivity index (χ3v) is 3.63. The fourth-order valence-electron chi connectivity index (χ4n) is 2.32. The predicted octanol–water partition coefficient (Wildman–Crippen LogP) is 2.51. The molecule has 1 heterocycles. The van der Waals surface area contributed by atoms with E-state index in [4.69, 9.17) is 0 Å². The number of rotatable bonds is 2. The SMILES string of the molecule is CCC1(C)Cc2ccccc2C(=CC(=O)NC)N1.Cl. The van der Waals surface area contributed by atoms with E-state index in [1.54, 1.807) is 13.1 Å². The summed E-state index contributed by atoms with van der Waals surface area (Å²) in [5.74, 6) is -0.0762. The van der Waals surface area contributed by atoms with Gasteiger partial charge in [0.1, 0.15) is 0 Å². The fraction of sp³-hybridized carbons (Fsp3) is 0.400. The van der Waals surface area contributed by atoms with E-state index in [1.807, 2.05) is 6.07 Å². The molecule has 0 spiro atoms. The first-order chi connectivity index (χ1) is 8.58. The number of amides is 1. The highest BCUT2D eigenvalue weighted by molar-refractivity contribution is 5.95. The van der Waals surface area contributed by atoms with Gasteiger partial charge in [0.15, 0.2) is 0 Å². The van der Waals surface area contributed by atoms with Gasteiger partial charge < -0.3 is 10.6 Å². The molecule has 0 saturated carbocycles. The molecule has 0 aromatic heterocycles. The maximum Gasteiger partial charge on any atom is 0.245 e. The molecule has 1 aromatic carbocycles. The van der Waals surface area contributed by atoms with Crippen LogP contribution in [0.15, 0.2) is 30.3 Å². The fourth-order valence-corrected chi connectivity index (χ4v) is 2.32. The molecule has 2 N–H and O–H groups in total. The number of benzene rings is 1. The number of likely N-dealkylation sites (N-methyl/N-ethyl adjacent to an activating group) is 1. The molecule has 1 aromatic rings. The summed E-state index contributed by atoms with van der Waals surface area (Å²) < 4.78 is 0. The van der Waals surface area contributed by atoms with Gasteiger partial charge in [0.25, 0.3) is 0 Å². The lowest BCUT2D eigenvalue weighted by molar-refractivity contribution is -0.116. The average Bonchev–Trinajstić information content (AvgIpc) is 2.38. The normalized spacial score (nSPS) is 23.0. The molecule has 19 heavy (non-hydrogen) atoms. The van der Waals surface area contributed by atoms with Gasteiger partial charge in [-0.1, -0.05) is 31.2 Å². The van der Waals surface area contributed by atoms with Gasteiger partial charge in [-0.25, -0.2) is 0 Å².